The van der Waals surface area contributed by atoms with Gasteiger partial charge in [0.05, 0.1) is 19.2 Å². The van der Waals surface area contributed by atoms with Gasteiger partial charge < -0.3 is 5.32 Å². The molecule has 0 aromatic heterocycles. The lowest BCUT2D eigenvalue weighted by Crippen LogP contribution is -2.44. The highest BCUT2D eigenvalue weighted by Gasteiger charge is 2.40. The Morgan fingerprint density at radius 3 is 2.44 bits per heavy atom. The van der Waals surface area contributed by atoms with Gasteiger partial charge in [-0.05, 0) is 0 Å². The number of hydroxylamine groups is 1. The van der Waals surface area contributed by atoms with E-state index in [-0.39, 0.29) is 23.5 Å². The normalized spacial score (nSPS) is 22.4. The third-order valence-electron chi connectivity index (χ3n) is 2.31. The van der Waals surface area contributed by atoms with Crippen molar-refractivity contribution in [1.82, 2.24) is 9.79 Å². The Hall–Kier alpha value is -0.800. The van der Waals surface area contributed by atoms with Gasteiger partial charge in [-0.2, -0.15) is 8.78 Å². The Balaban J connectivity index is 2.61. The number of hydrogen-bond donors (Lipinski definition) is 1. The summed E-state index contributed by atoms with van der Waals surface area (Å²) in [5, 5.41) is 2.54. The first-order valence-corrected chi connectivity index (χ1v) is 6.79. The predicted molar refractivity (Wildman–Crippen MR) is 59.0 cm³/mol. The van der Waals surface area contributed by atoms with Crippen molar-refractivity contribution in [2.75, 3.05) is 13.2 Å². The summed E-state index contributed by atoms with van der Waals surface area (Å²) in [5.74, 6) is -3.83. The van der Waals surface area contributed by atoms with E-state index in [4.69, 9.17) is 0 Å². The molecule has 1 N–H and O–H groups in total. The van der Waals surface area contributed by atoms with Crippen molar-refractivity contribution < 1.29 is 26.8 Å². The Morgan fingerprint density at radius 2 is 2.00 bits per heavy atom. The minimum Gasteiger partial charge on any atom is -0.349 e. The summed E-state index contributed by atoms with van der Waals surface area (Å²) >= 11 is 0. The fourth-order valence-electron chi connectivity index (χ4n) is 1.21. The molecule has 18 heavy (non-hydrogen) atoms. The van der Waals surface area contributed by atoms with E-state index in [9.17, 15) is 22.0 Å². The lowest BCUT2D eigenvalue weighted by molar-refractivity contribution is -0.129. The third kappa shape index (κ3) is 3.36. The van der Waals surface area contributed by atoms with Crippen LogP contribution in [0.1, 0.15) is 20.8 Å². The van der Waals surface area contributed by atoms with Crippen LogP contribution in [0, 0.1) is 5.41 Å². The van der Waals surface area contributed by atoms with Gasteiger partial charge in [0.25, 0.3) is 10.0 Å². The summed E-state index contributed by atoms with van der Waals surface area (Å²) in [7, 11) is -4.75. The lowest BCUT2D eigenvalue weighted by atomic mass is 9.95. The van der Waals surface area contributed by atoms with Gasteiger partial charge in [0.15, 0.2) is 0 Å². The van der Waals surface area contributed by atoms with E-state index in [1.54, 1.807) is 20.8 Å². The fraction of sp³-hybridized carbons (Fsp3) is 0.889. The van der Waals surface area contributed by atoms with Crippen molar-refractivity contribution in [1.29, 1.82) is 0 Å². The molecular weight excluding hydrogens is 270 g/mol. The van der Waals surface area contributed by atoms with Gasteiger partial charge in [0.2, 0.25) is 5.91 Å². The summed E-state index contributed by atoms with van der Waals surface area (Å²) in [6.07, 6.45) is 0. The summed E-state index contributed by atoms with van der Waals surface area (Å²) in [4.78, 5) is 16.3. The molecule has 1 saturated heterocycles. The van der Waals surface area contributed by atoms with Crippen LogP contribution in [-0.4, -0.2) is 43.7 Å². The molecule has 9 heteroatoms. The van der Waals surface area contributed by atoms with Crippen molar-refractivity contribution >= 4 is 15.9 Å². The fourth-order valence-corrected chi connectivity index (χ4v) is 1.99. The van der Waals surface area contributed by atoms with E-state index < -0.39 is 27.2 Å². The molecule has 0 radical (unpaired) electrons. The molecule has 106 valence electrons. The average Bonchev–Trinajstić information content (AvgIpc) is 2.64. The van der Waals surface area contributed by atoms with Crippen LogP contribution in [0.25, 0.3) is 0 Å². The molecule has 1 aliphatic heterocycles. The van der Waals surface area contributed by atoms with Crippen LogP contribution in [0.2, 0.25) is 0 Å². The molecule has 0 bridgehead atoms. The third-order valence-corrected chi connectivity index (χ3v) is 3.59. The van der Waals surface area contributed by atoms with E-state index in [0.717, 1.165) is 0 Å². The Morgan fingerprint density at radius 1 is 1.44 bits per heavy atom. The van der Waals surface area contributed by atoms with Crippen molar-refractivity contribution in [2.45, 2.75) is 32.6 Å². The van der Waals surface area contributed by atoms with Crippen LogP contribution in [0.15, 0.2) is 0 Å². The second kappa shape index (κ2) is 5.06. The largest absolute Gasteiger partial charge is 0.352 e. The van der Waals surface area contributed by atoms with Crippen molar-refractivity contribution in [3.8, 4) is 0 Å². The molecule has 1 amide bonds. The number of alkyl halides is 2. The zero-order chi connectivity index (χ0) is 14.1. The number of carbonyl (C=O) groups excluding carboxylic acids is 1. The molecule has 0 aromatic carbocycles. The number of nitrogens with one attached hydrogen (secondary N) is 1. The number of carbonyl (C=O) groups is 1. The predicted octanol–water partition coefficient (Wildman–Crippen LogP) is 0.317. The first-order chi connectivity index (χ1) is 8.05. The highest BCUT2D eigenvalue weighted by molar-refractivity contribution is 7.89. The Labute approximate surface area is 104 Å². The molecule has 0 unspecified atom stereocenters. The molecule has 1 aliphatic rings. The number of sulfonamides is 1. The summed E-state index contributed by atoms with van der Waals surface area (Å²) in [6.45, 7) is 4.60. The lowest BCUT2D eigenvalue weighted by Gasteiger charge is -2.20. The molecule has 1 heterocycles. The first kappa shape index (κ1) is 15.3. The van der Waals surface area contributed by atoms with E-state index in [1.165, 1.54) is 0 Å². The molecule has 0 spiro atoms. The van der Waals surface area contributed by atoms with Gasteiger partial charge >= 0.3 is 5.76 Å². The summed E-state index contributed by atoms with van der Waals surface area (Å²) in [5.41, 5.74) is -0.644. The van der Waals surface area contributed by atoms with Gasteiger partial charge in [0, 0.05) is 5.41 Å². The monoisotopic (exact) mass is 286 g/mol. The quantitative estimate of drug-likeness (QED) is 0.810. The highest BCUT2D eigenvalue weighted by Crippen LogP contribution is 2.19. The molecule has 1 fully saturated rings. The van der Waals surface area contributed by atoms with Crippen LogP contribution in [0.5, 0.6) is 0 Å². The minimum atomic E-state index is -4.75. The smallest absolute Gasteiger partial charge is 0.349 e. The Kier molecular flexibility index (Phi) is 4.29. The molecule has 1 atom stereocenters. The zero-order valence-corrected chi connectivity index (χ0v) is 11.1. The van der Waals surface area contributed by atoms with Crippen molar-refractivity contribution in [3.05, 3.63) is 0 Å². The summed E-state index contributed by atoms with van der Waals surface area (Å²) < 4.78 is 46.9. The van der Waals surface area contributed by atoms with E-state index in [0.29, 0.717) is 0 Å². The van der Waals surface area contributed by atoms with Crippen molar-refractivity contribution in [3.63, 3.8) is 0 Å². The van der Waals surface area contributed by atoms with E-state index in [2.05, 4.69) is 10.2 Å². The number of rotatable bonds is 3. The average molecular weight is 286 g/mol. The van der Waals surface area contributed by atoms with Gasteiger partial charge in [-0.15, -0.1) is 0 Å². The highest BCUT2D eigenvalue weighted by atomic mass is 32.2. The second-order valence-electron chi connectivity index (χ2n) is 5.01. The van der Waals surface area contributed by atoms with Gasteiger partial charge in [-0.3, -0.25) is 9.63 Å². The summed E-state index contributed by atoms with van der Waals surface area (Å²) in [6, 6.07) is -0.620. The van der Waals surface area contributed by atoms with Gasteiger partial charge in [-0.1, -0.05) is 25.2 Å². The van der Waals surface area contributed by atoms with Gasteiger partial charge in [-0.25, -0.2) is 8.42 Å². The van der Waals surface area contributed by atoms with Gasteiger partial charge in [0.1, 0.15) is 0 Å². The van der Waals surface area contributed by atoms with E-state index >= 15 is 0 Å². The SMILES string of the molecule is CC(C)(C)C(=O)N[C@H]1CON(S(=O)(=O)C(F)F)C1. The molecule has 0 aromatic rings. The number of hydrogen-bond acceptors (Lipinski definition) is 4. The molecule has 0 saturated carbocycles. The second-order valence-corrected chi connectivity index (χ2v) is 6.80. The standard InChI is InChI=1S/C9H16F2N2O4S/c1-9(2,3)7(14)12-6-4-13(17-5-6)18(15,16)8(10)11/h6,8H,4-5H2,1-3H3,(H,12,14)/t6-/m1/s1. The van der Waals surface area contributed by atoms with Crippen LogP contribution in [-0.2, 0) is 19.7 Å². The topological polar surface area (TPSA) is 75.7 Å². The Bertz CT molecular complexity index is 419. The van der Waals surface area contributed by atoms with Crippen LogP contribution >= 0.6 is 0 Å². The first-order valence-electron chi connectivity index (χ1n) is 5.28. The van der Waals surface area contributed by atoms with Crippen molar-refractivity contribution in [2.24, 2.45) is 5.41 Å². The molecular formula is C9H16F2N2O4S. The maximum Gasteiger partial charge on any atom is 0.352 e. The molecule has 0 aliphatic carbocycles. The number of amides is 1. The molecule has 1 rings (SSSR count). The number of halogens is 2. The maximum absolute atomic E-state index is 12.2. The van der Waals surface area contributed by atoms with Crippen LogP contribution in [0.4, 0.5) is 8.78 Å². The maximum atomic E-state index is 12.2. The molecule has 6 nitrogen and oxygen atoms in total. The van der Waals surface area contributed by atoms with E-state index in [1.807, 2.05) is 0 Å². The van der Waals surface area contributed by atoms with Crippen LogP contribution in [0.3, 0.4) is 0 Å². The minimum absolute atomic E-state index is 0.145. The van der Waals surface area contributed by atoms with Crippen LogP contribution < -0.4 is 5.32 Å². The number of nitrogens with zero attached hydrogens (tertiary/aromatic N) is 1. The zero-order valence-electron chi connectivity index (χ0n) is 10.3.